The van der Waals surface area contributed by atoms with Crippen LogP contribution in [0.25, 0.3) is 0 Å². The Kier molecular flexibility index (Phi) is 5.00. The average Bonchev–Trinajstić information content (AvgIpc) is 2.45. The standard InChI is InChI=1S/C14H28N2/c1-12(2)13(15-5)14(3,4)16-10-8-6-7-9-11-16/h13,15H,1,6-11H2,2-5H3. The molecule has 0 saturated carbocycles. The van der Waals surface area contributed by atoms with E-state index in [0.29, 0.717) is 6.04 Å². The molecule has 0 aliphatic carbocycles. The van der Waals surface area contributed by atoms with Crippen molar-refractivity contribution in [1.29, 1.82) is 0 Å². The van der Waals surface area contributed by atoms with Gasteiger partial charge in [-0.2, -0.15) is 0 Å². The van der Waals surface area contributed by atoms with Crippen LogP contribution < -0.4 is 5.32 Å². The lowest BCUT2D eigenvalue weighted by atomic mass is 9.87. The lowest BCUT2D eigenvalue weighted by Crippen LogP contribution is -2.57. The highest BCUT2D eigenvalue weighted by molar-refractivity contribution is 5.12. The summed E-state index contributed by atoms with van der Waals surface area (Å²) < 4.78 is 0. The second kappa shape index (κ2) is 5.83. The fourth-order valence-electron chi connectivity index (χ4n) is 3.03. The molecule has 0 aromatic carbocycles. The Labute approximate surface area is 101 Å². The Hall–Kier alpha value is -0.340. The van der Waals surface area contributed by atoms with Crippen LogP contribution in [0, 0.1) is 0 Å². The molecule has 1 N–H and O–H groups in total. The molecule has 0 aromatic heterocycles. The minimum atomic E-state index is 0.172. The number of nitrogens with one attached hydrogen (secondary N) is 1. The molecule has 1 saturated heterocycles. The van der Waals surface area contributed by atoms with E-state index in [1.54, 1.807) is 0 Å². The van der Waals surface area contributed by atoms with E-state index in [-0.39, 0.29) is 5.54 Å². The van der Waals surface area contributed by atoms with Crippen LogP contribution in [0.4, 0.5) is 0 Å². The first-order chi connectivity index (χ1) is 7.50. The Morgan fingerprint density at radius 2 is 1.69 bits per heavy atom. The number of rotatable bonds is 4. The smallest absolute Gasteiger partial charge is 0.0453 e. The Bertz CT molecular complexity index is 225. The fourth-order valence-corrected chi connectivity index (χ4v) is 3.03. The lowest BCUT2D eigenvalue weighted by molar-refractivity contribution is 0.0988. The van der Waals surface area contributed by atoms with Gasteiger partial charge in [0.2, 0.25) is 0 Å². The van der Waals surface area contributed by atoms with Gasteiger partial charge < -0.3 is 5.32 Å². The molecular formula is C14H28N2. The highest BCUT2D eigenvalue weighted by atomic mass is 15.2. The van der Waals surface area contributed by atoms with E-state index >= 15 is 0 Å². The topological polar surface area (TPSA) is 15.3 Å². The molecule has 1 fully saturated rings. The maximum Gasteiger partial charge on any atom is 0.0453 e. The summed E-state index contributed by atoms with van der Waals surface area (Å²) in [7, 11) is 2.04. The predicted molar refractivity (Wildman–Crippen MR) is 71.8 cm³/mol. The van der Waals surface area contributed by atoms with E-state index in [1.165, 1.54) is 44.3 Å². The van der Waals surface area contributed by atoms with E-state index in [9.17, 15) is 0 Å². The molecule has 0 spiro atoms. The monoisotopic (exact) mass is 224 g/mol. The first kappa shape index (κ1) is 13.7. The molecule has 1 aliphatic rings. The lowest BCUT2D eigenvalue weighted by Gasteiger charge is -2.44. The van der Waals surface area contributed by atoms with E-state index < -0.39 is 0 Å². The minimum Gasteiger partial charge on any atom is -0.312 e. The van der Waals surface area contributed by atoms with Crippen molar-refractivity contribution in [3.8, 4) is 0 Å². The molecule has 1 aliphatic heterocycles. The third kappa shape index (κ3) is 3.08. The zero-order valence-corrected chi connectivity index (χ0v) is 11.5. The van der Waals surface area contributed by atoms with Crippen molar-refractivity contribution in [2.75, 3.05) is 20.1 Å². The fraction of sp³-hybridized carbons (Fsp3) is 0.857. The van der Waals surface area contributed by atoms with Crippen molar-refractivity contribution in [2.24, 2.45) is 0 Å². The van der Waals surface area contributed by atoms with E-state index in [1.807, 2.05) is 7.05 Å². The van der Waals surface area contributed by atoms with Crippen LogP contribution in [-0.2, 0) is 0 Å². The summed E-state index contributed by atoms with van der Waals surface area (Å²) in [6, 6.07) is 0.380. The summed E-state index contributed by atoms with van der Waals surface area (Å²) in [4.78, 5) is 2.63. The van der Waals surface area contributed by atoms with Crippen LogP contribution in [0.15, 0.2) is 12.2 Å². The van der Waals surface area contributed by atoms with Crippen LogP contribution >= 0.6 is 0 Å². The summed E-state index contributed by atoms with van der Waals surface area (Å²) in [5.41, 5.74) is 1.40. The van der Waals surface area contributed by atoms with E-state index in [2.05, 4.69) is 37.6 Å². The third-order valence-electron chi connectivity index (χ3n) is 3.91. The summed E-state index contributed by atoms with van der Waals surface area (Å²) in [6.45, 7) is 13.4. The van der Waals surface area contributed by atoms with Gasteiger partial charge in [-0.3, -0.25) is 4.90 Å². The van der Waals surface area contributed by atoms with Gasteiger partial charge in [-0.15, -0.1) is 0 Å². The van der Waals surface area contributed by atoms with Gasteiger partial charge in [0.15, 0.2) is 0 Å². The largest absolute Gasteiger partial charge is 0.312 e. The molecule has 0 aromatic rings. The minimum absolute atomic E-state index is 0.172. The van der Waals surface area contributed by atoms with Crippen LogP contribution in [0.1, 0.15) is 46.5 Å². The first-order valence-electron chi connectivity index (χ1n) is 6.58. The zero-order valence-electron chi connectivity index (χ0n) is 11.5. The van der Waals surface area contributed by atoms with Gasteiger partial charge in [0, 0.05) is 11.6 Å². The van der Waals surface area contributed by atoms with Crippen molar-refractivity contribution in [3.63, 3.8) is 0 Å². The van der Waals surface area contributed by atoms with Crippen LogP contribution in [0.5, 0.6) is 0 Å². The summed E-state index contributed by atoms with van der Waals surface area (Å²) in [5.74, 6) is 0. The molecule has 1 unspecified atom stereocenters. The molecule has 1 atom stereocenters. The van der Waals surface area contributed by atoms with Crippen LogP contribution in [0.3, 0.4) is 0 Å². The number of hydrogen-bond acceptors (Lipinski definition) is 2. The van der Waals surface area contributed by atoms with Gasteiger partial charge in [0.1, 0.15) is 0 Å². The maximum absolute atomic E-state index is 4.12. The Morgan fingerprint density at radius 1 is 1.19 bits per heavy atom. The zero-order chi connectivity index (χ0) is 12.2. The first-order valence-corrected chi connectivity index (χ1v) is 6.58. The highest BCUT2D eigenvalue weighted by Gasteiger charge is 2.34. The average molecular weight is 224 g/mol. The molecule has 1 rings (SSSR count). The molecule has 2 nitrogen and oxygen atoms in total. The third-order valence-corrected chi connectivity index (χ3v) is 3.91. The number of hydrogen-bond donors (Lipinski definition) is 1. The van der Waals surface area contributed by atoms with Gasteiger partial charge in [0.25, 0.3) is 0 Å². The summed E-state index contributed by atoms with van der Waals surface area (Å²) in [5, 5.41) is 3.42. The molecule has 16 heavy (non-hydrogen) atoms. The van der Waals surface area contributed by atoms with Crippen molar-refractivity contribution < 1.29 is 0 Å². The molecule has 0 bridgehead atoms. The predicted octanol–water partition coefficient (Wildman–Crippen LogP) is 2.81. The SMILES string of the molecule is C=C(C)C(NC)C(C)(C)N1CCCCCC1. The Balaban J connectivity index is 2.75. The summed E-state index contributed by atoms with van der Waals surface area (Å²) in [6.07, 6.45) is 5.47. The van der Waals surface area contributed by atoms with Crippen molar-refractivity contribution in [2.45, 2.75) is 58.0 Å². The Morgan fingerprint density at radius 3 is 2.06 bits per heavy atom. The van der Waals surface area contributed by atoms with Gasteiger partial charge >= 0.3 is 0 Å². The van der Waals surface area contributed by atoms with Gasteiger partial charge in [-0.1, -0.05) is 25.0 Å². The van der Waals surface area contributed by atoms with E-state index in [4.69, 9.17) is 0 Å². The van der Waals surface area contributed by atoms with Crippen molar-refractivity contribution in [1.82, 2.24) is 10.2 Å². The van der Waals surface area contributed by atoms with Crippen LogP contribution in [-0.4, -0.2) is 36.6 Å². The van der Waals surface area contributed by atoms with Gasteiger partial charge in [-0.05, 0) is 53.8 Å². The van der Waals surface area contributed by atoms with Crippen molar-refractivity contribution in [3.05, 3.63) is 12.2 Å². The van der Waals surface area contributed by atoms with Crippen LogP contribution in [0.2, 0.25) is 0 Å². The van der Waals surface area contributed by atoms with Crippen molar-refractivity contribution >= 4 is 0 Å². The van der Waals surface area contributed by atoms with Gasteiger partial charge in [-0.25, -0.2) is 0 Å². The summed E-state index contributed by atoms with van der Waals surface area (Å²) >= 11 is 0. The molecule has 1 heterocycles. The van der Waals surface area contributed by atoms with E-state index in [0.717, 1.165) is 0 Å². The quantitative estimate of drug-likeness (QED) is 0.739. The second-order valence-corrected chi connectivity index (χ2v) is 5.62. The van der Waals surface area contributed by atoms with Gasteiger partial charge in [0.05, 0.1) is 0 Å². The molecule has 2 heteroatoms. The number of likely N-dealkylation sites (tertiary alicyclic amines) is 1. The maximum atomic E-state index is 4.12. The molecule has 0 radical (unpaired) electrons. The molecular weight excluding hydrogens is 196 g/mol. The molecule has 0 amide bonds. The number of likely N-dealkylation sites (N-methyl/N-ethyl adjacent to an activating group) is 1. The number of nitrogens with zero attached hydrogens (tertiary/aromatic N) is 1. The normalized spacial score (nSPS) is 21.5. The second-order valence-electron chi connectivity index (χ2n) is 5.62. The molecule has 94 valence electrons. The highest BCUT2D eigenvalue weighted by Crippen LogP contribution is 2.26.